The zero-order valence-electron chi connectivity index (χ0n) is 16.0. The van der Waals surface area contributed by atoms with E-state index in [4.69, 9.17) is 4.74 Å². The van der Waals surface area contributed by atoms with Gasteiger partial charge < -0.3 is 14.6 Å². The van der Waals surface area contributed by atoms with Crippen LogP contribution in [0.3, 0.4) is 0 Å². The number of nitrogens with one attached hydrogen (secondary N) is 1. The Hall–Kier alpha value is -2.18. The molecule has 6 nitrogen and oxygen atoms in total. The quantitative estimate of drug-likeness (QED) is 0.879. The van der Waals surface area contributed by atoms with E-state index in [1.807, 2.05) is 17.1 Å². The van der Waals surface area contributed by atoms with E-state index in [0.29, 0.717) is 11.8 Å². The first-order valence-corrected chi connectivity index (χ1v) is 9.72. The number of ether oxygens (including phenoxy) is 1. The molecule has 1 aliphatic heterocycles. The van der Waals surface area contributed by atoms with Crippen molar-refractivity contribution in [1.29, 1.82) is 0 Å². The Morgan fingerprint density at radius 3 is 2.59 bits per heavy atom. The Kier molecular flexibility index (Phi) is 5.27. The number of nitrogens with zero attached hydrogens (tertiary/aromatic N) is 3. The van der Waals surface area contributed by atoms with Crippen LogP contribution in [0, 0.1) is 11.8 Å². The molecule has 0 unspecified atom stereocenters. The van der Waals surface area contributed by atoms with Crippen LogP contribution in [0.2, 0.25) is 0 Å². The number of rotatable bonds is 5. The van der Waals surface area contributed by atoms with Crippen molar-refractivity contribution in [3.63, 3.8) is 0 Å². The lowest BCUT2D eigenvalue weighted by Gasteiger charge is -2.37. The van der Waals surface area contributed by atoms with E-state index in [1.165, 1.54) is 5.56 Å². The molecule has 4 rings (SSSR count). The molecule has 2 heterocycles. The SMILES string of the molecule is CO[C@@H]1C[C@H]2CN(Cc3ccc(-n4ccnc4)cc3)C[C@H]2C[C@H]1NC(C)=O. The third-order valence-electron chi connectivity index (χ3n) is 6.03. The highest BCUT2D eigenvalue weighted by atomic mass is 16.5. The minimum atomic E-state index is 0.0355. The van der Waals surface area contributed by atoms with Gasteiger partial charge in [0.25, 0.3) is 0 Å². The van der Waals surface area contributed by atoms with Crippen LogP contribution in [0.5, 0.6) is 0 Å². The van der Waals surface area contributed by atoms with E-state index in [9.17, 15) is 4.79 Å². The van der Waals surface area contributed by atoms with E-state index >= 15 is 0 Å². The molecule has 2 fully saturated rings. The van der Waals surface area contributed by atoms with Crippen LogP contribution in [0.4, 0.5) is 0 Å². The summed E-state index contributed by atoms with van der Waals surface area (Å²) in [6.07, 6.45) is 7.74. The third-order valence-corrected chi connectivity index (χ3v) is 6.03. The smallest absolute Gasteiger partial charge is 0.217 e. The fraction of sp³-hybridized carbons (Fsp3) is 0.524. The first-order chi connectivity index (χ1) is 13.1. The zero-order valence-corrected chi connectivity index (χ0v) is 16.0. The average Bonchev–Trinajstić information content (AvgIpc) is 3.30. The van der Waals surface area contributed by atoms with Crippen LogP contribution in [-0.2, 0) is 16.1 Å². The standard InChI is InChI=1S/C21H28N4O2/c1-15(26)23-20-9-17-12-24(13-18(17)10-21(20)27-2)11-16-3-5-19(6-4-16)25-8-7-22-14-25/h3-8,14,17-18,20-21H,9-13H2,1-2H3,(H,23,26)/t17-,18+,20-,21-/m1/s1. The molecule has 1 aliphatic carbocycles. The van der Waals surface area contributed by atoms with Crippen molar-refractivity contribution in [2.45, 2.75) is 38.5 Å². The summed E-state index contributed by atoms with van der Waals surface area (Å²) in [4.78, 5) is 18.1. The van der Waals surface area contributed by atoms with E-state index in [0.717, 1.165) is 38.2 Å². The molecule has 2 aromatic rings. The molecule has 2 aliphatic rings. The zero-order chi connectivity index (χ0) is 18.8. The fourth-order valence-electron chi connectivity index (χ4n) is 4.76. The number of amides is 1. The van der Waals surface area contributed by atoms with Crippen molar-refractivity contribution in [3.05, 3.63) is 48.5 Å². The number of carbonyl (C=O) groups is 1. The summed E-state index contributed by atoms with van der Waals surface area (Å²) in [5.41, 5.74) is 2.46. The first-order valence-electron chi connectivity index (χ1n) is 9.72. The molecule has 27 heavy (non-hydrogen) atoms. The van der Waals surface area contributed by atoms with Gasteiger partial charge in [0.2, 0.25) is 5.91 Å². The highest BCUT2D eigenvalue weighted by Gasteiger charge is 2.42. The van der Waals surface area contributed by atoms with Gasteiger partial charge in [0.1, 0.15) is 0 Å². The predicted octanol–water partition coefficient (Wildman–Crippen LogP) is 2.23. The summed E-state index contributed by atoms with van der Waals surface area (Å²) in [7, 11) is 1.76. The molecule has 1 N–H and O–H groups in total. The van der Waals surface area contributed by atoms with Gasteiger partial charge in [0, 0.05) is 51.7 Å². The Morgan fingerprint density at radius 2 is 1.96 bits per heavy atom. The van der Waals surface area contributed by atoms with E-state index in [1.54, 1.807) is 20.2 Å². The summed E-state index contributed by atoms with van der Waals surface area (Å²) >= 11 is 0. The van der Waals surface area contributed by atoms with Gasteiger partial charge in [0.15, 0.2) is 0 Å². The van der Waals surface area contributed by atoms with Crippen molar-refractivity contribution in [2.75, 3.05) is 20.2 Å². The second-order valence-electron chi connectivity index (χ2n) is 7.90. The monoisotopic (exact) mass is 368 g/mol. The van der Waals surface area contributed by atoms with Gasteiger partial charge in [-0.15, -0.1) is 0 Å². The van der Waals surface area contributed by atoms with E-state index in [-0.39, 0.29) is 18.1 Å². The second-order valence-corrected chi connectivity index (χ2v) is 7.90. The highest BCUT2D eigenvalue weighted by molar-refractivity contribution is 5.73. The molecule has 144 valence electrons. The molecule has 0 bridgehead atoms. The van der Waals surface area contributed by atoms with Crippen LogP contribution in [0.1, 0.15) is 25.3 Å². The minimum absolute atomic E-state index is 0.0355. The number of benzene rings is 1. The van der Waals surface area contributed by atoms with Crippen molar-refractivity contribution in [1.82, 2.24) is 19.8 Å². The van der Waals surface area contributed by atoms with Gasteiger partial charge >= 0.3 is 0 Å². The lowest BCUT2D eigenvalue weighted by molar-refractivity contribution is -0.121. The van der Waals surface area contributed by atoms with Gasteiger partial charge in [-0.3, -0.25) is 9.69 Å². The second kappa shape index (κ2) is 7.82. The Morgan fingerprint density at radius 1 is 1.22 bits per heavy atom. The Bertz CT molecular complexity index is 759. The Labute approximate surface area is 160 Å². The van der Waals surface area contributed by atoms with Crippen LogP contribution in [0.25, 0.3) is 5.69 Å². The molecule has 1 saturated carbocycles. The molecule has 1 aromatic heterocycles. The molecular weight excluding hydrogens is 340 g/mol. The van der Waals surface area contributed by atoms with Crippen LogP contribution < -0.4 is 5.32 Å². The number of fused-ring (bicyclic) bond motifs is 1. The van der Waals surface area contributed by atoms with Crippen molar-refractivity contribution >= 4 is 5.91 Å². The average molecular weight is 368 g/mol. The number of hydrogen-bond acceptors (Lipinski definition) is 4. The summed E-state index contributed by atoms with van der Waals surface area (Å²) < 4.78 is 7.69. The van der Waals surface area contributed by atoms with Crippen molar-refractivity contribution in [3.8, 4) is 5.69 Å². The topological polar surface area (TPSA) is 59.4 Å². The van der Waals surface area contributed by atoms with Gasteiger partial charge in [-0.1, -0.05) is 12.1 Å². The van der Waals surface area contributed by atoms with Gasteiger partial charge in [-0.2, -0.15) is 0 Å². The summed E-state index contributed by atoms with van der Waals surface area (Å²) in [6.45, 7) is 4.77. The van der Waals surface area contributed by atoms with Gasteiger partial charge in [-0.05, 0) is 42.4 Å². The summed E-state index contributed by atoms with van der Waals surface area (Å²) in [6, 6.07) is 8.84. The molecule has 1 amide bonds. The number of imidazole rings is 1. The third kappa shape index (κ3) is 4.06. The Balaban J connectivity index is 1.37. The van der Waals surface area contributed by atoms with Crippen LogP contribution in [-0.4, -0.2) is 52.7 Å². The number of hydrogen-bond donors (Lipinski definition) is 1. The first kappa shape index (κ1) is 18.2. The van der Waals surface area contributed by atoms with Crippen LogP contribution in [0.15, 0.2) is 43.0 Å². The van der Waals surface area contributed by atoms with Gasteiger partial charge in [0.05, 0.1) is 18.5 Å². The molecular formula is C21H28N4O2. The maximum Gasteiger partial charge on any atom is 0.217 e. The highest BCUT2D eigenvalue weighted by Crippen LogP contribution is 2.38. The predicted molar refractivity (Wildman–Crippen MR) is 103 cm³/mol. The van der Waals surface area contributed by atoms with E-state index < -0.39 is 0 Å². The molecule has 1 aromatic carbocycles. The van der Waals surface area contributed by atoms with Crippen LogP contribution >= 0.6 is 0 Å². The molecule has 1 saturated heterocycles. The van der Waals surface area contributed by atoms with Crippen molar-refractivity contribution in [2.24, 2.45) is 11.8 Å². The maximum absolute atomic E-state index is 11.5. The number of likely N-dealkylation sites (tertiary alicyclic amines) is 1. The van der Waals surface area contributed by atoms with Gasteiger partial charge in [-0.25, -0.2) is 4.98 Å². The summed E-state index contributed by atoms with van der Waals surface area (Å²) in [5.74, 6) is 1.33. The molecule has 0 radical (unpaired) electrons. The number of aromatic nitrogens is 2. The lowest BCUT2D eigenvalue weighted by Crippen LogP contribution is -2.49. The molecule has 6 heteroatoms. The van der Waals surface area contributed by atoms with Crippen molar-refractivity contribution < 1.29 is 9.53 Å². The fourth-order valence-corrected chi connectivity index (χ4v) is 4.76. The number of methoxy groups -OCH3 is 1. The molecule has 4 atom stereocenters. The lowest BCUT2D eigenvalue weighted by atomic mass is 9.77. The molecule has 0 spiro atoms. The largest absolute Gasteiger partial charge is 0.379 e. The normalized spacial score (nSPS) is 28.1. The van der Waals surface area contributed by atoms with E-state index in [2.05, 4.69) is 39.5 Å². The minimum Gasteiger partial charge on any atom is -0.379 e. The maximum atomic E-state index is 11.5. The summed E-state index contributed by atoms with van der Waals surface area (Å²) in [5, 5.41) is 3.09. The number of carbonyl (C=O) groups excluding carboxylic acids is 1.